The van der Waals surface area contributed by atoms with E-state index in [0.717, 1.165) is 24.3 Å². The van der Waals surface area contributed by atoms with Crippen molar-refractivity contribution in [2.24, 2.45) is 0 Å². The van der Waals surface area contributed by atoms with Crippen molar-refractivity contribution in [3.8, 4) is 11.5 Å². The first kappa shape index (κ1) is 10.5. The van der Waals surface area contributed by atoms with Crippen molar-refractivity contribution in [2.75, 3.05) is 6.54 Å². The normalized spacial score (nSPS) is 15.4. The van der Waals surface area contributed by atoms with Crippen LogP contribution in [-0.4, -0.2) is 22.8 Å². The molecule has 3 rings (SSSR count). The Hall–Kier alpha value is -1.62. The number of aromatic nitrogens is 2. The van der Waals surface area contributed by atoms with Gasteiger partial charge in [-0.05, 0) is 25.8 Å². The molecule has 2 aromatic rings. The lowest BCUT2D eigenvalue weighted by Crippen LogP contribution is -2.19. The monoisotopic (exact) mass is 233 g/mol. The van der Waals surface area contributed by atoms with E-state index in [1.165, 1.54) is 12.8 Å². The maximum atomic E-state index is 5.59. The zero-order valence-electron chi connectivity index (χ0n) is 9.77. The largest absolute Gasteiger partial charge is 0.469 e. The number of hydrogen-bond donors (Lipinski definition) is 1. The molecule has 0 aliphatic heterocycles. The SMILES string of the molecule is Cc1occc1-c1nnc(CCNC2CC2)o1. The second-order valence-corrected chi connectivity index (χ2v) is 4.37. The molecule has 2 aromatic heterocycles. The zero-order chi connectivity index (χ0) is 11.7. The fourth-order valence-electron chi connectivity index (χ4n) is 1.74. The first-order chi connectivity index (χ1) is 8.33. The summed E-state index contributed by atoms with van der Waals surface area (Å²) in [5, 5.41) is 11.5. The van der Waals surface area contributed by atoms with Crippen molar-refractivity contribution in [1.29, 1.82) is 0 Å². The summed E-state index contributed by atoms with van der Waals surface area (Å²) in [4.78, 5) is 0. The van der Waals surface area contributed by atoms with Gasteiger partial charge in [-0.3, -0.25) is 0 Å². The summed E-state index contributed by atoms with van der Waals surface area (Å²) in [5.74, 6) is 2.02. The van der Waals surface area contributed by atoms with Gasteiger partial charge in [-0.15, -0.1) is 10.2 Å². The van der Waals surface area contributed by atoms with Crippen LogP contribution in [0.4, 0.5) is 0 Å². The maximum absolute atomic E-state index is 5.59. The molecule has 0 saturated heterocycles. The van der Waals surface area contributed by atoms with Gasteiger partial charge in [-0.1, -0.05) is 0 Å². The molecule has 0 spiro atoms. The van der Waals surface area contributed by atoms with E-state index in [0.29, 0.717) is 17.8 Å². The Morgan fingerprint density at radius 3 is 3.00 bits per heavy atom. The molecule has 1 aliphatic carbocycles. The highest BCUT2D eigenvalue weighted by Crippen LogP contribution is 2.23. The molecule has 0 atom stereocenters. The minimum absolute atomic E-state index is 0.540. The van der Waals surface area contributed by atoms with Crippen molar-refractivity contribution >= 4 is 0 Å². The van der Waals surface area contributed by atoms with E-state index in [9.17, 15) is 0 Å². The first-order valence-electron chi connectivity index (χ1n) is 5.93. The van der Waals surface area contributed by atoms with Crippen molar-refractivity contribution < 1.29 is 8.83 Å². The van der Waals surface area contributed by atoms with Crippen molar-refractivity contribution in [3.05, 3.63) is 24.0 Å². The van der Waals surface area contributed by atoms with Gasteiger partial charge in [0.1, 0.15) is 5.76 Å². The highest BCUT2D eigenvalue weighted by Gasteiger charge is 2.20. The van der Waals surface area contributed by atoms with E-state index in [2.05, 4.69) is 15.5 Å². The Labute approximate surface area is 99.2 Å². The third-order valence-electron chi connectivity index (χ3n) is 2.91. The van der Waals surface area contributed by atoms with Gasteiger partial charge in [0.25, 0.3) is 5.89 Å². The number of furan rings is 1. The minimum atomic E-state index is 0.540. The highest BCUT2D eigenvalue weighted by atomic mass is 16.4. The van der Waals surface area contributed by atoms with E-state index < -0.39 is 0 Å². The molecule has 1 saturated carbocycles. The summed E-state index contributed by atoms with van der Waals surface area (Å²) in [5.41, 5.74) is 0.874. The quantitative estimate of drug-likeness (QED) is 0.854. The summed E-state index contributed by atoms with van der Waals surface area (Å²) in [6.07, 6.45) is 5.00. The van der Waals surface area contributed by atoms with Gasteiger partial charge in [-0.2, -0.15) is 0 Å². The lowest BCUT2D eigenvalue weighted by Gasteiger charge is -1.97. The van der Waals surface area contributed by atoms with Gasteiger partial charge >= 0.3 is 0 Å². The Bertz CT molecular complexity index is 499. The maximum Gasteiger partial charge on any atom is 0.251 e. The van der Waals surface area contributed by atoms with Gasteiger partial charge < -0.3 is 14.2 Å². The molecule has 1 fully saturated rings. The number of nitrogens with zero attached hydrogens (tertiary/aromatic N) is 2. The molecule has 17 heavy (non-hydrogen) atoms. The van der Waals surface area contributed by atoms with E-state index in [4.69, 9.17) is 8.83 Å². The fraction of sp³-hybridized carbons (Fsp3) is 0.500. The molecule has 0 radical (unpaired) electrons. The third kappa shape index (κ3) is 2.39. The molecule has 0 unspecified atom stereocenters. The molecule has 2 heterocycles. The summed E-state index contributed by atoms with van der Waals surface area (Å²) in [7, 11) is 0. The van der Waals surface area contributed by atoms with Crippen molar-refractivity contribution in [2.45, 2.75) is 32.2 Å². The highest BCUT2D eigenvalue weighted by molar-refractivity contribution is 5.54. The topological polar surface area (TPSA) is 64.1 Å². The molecule has 0 bridgehead atoms. The van der Waals surface area contributed by atoms with Crippen LogP contribution in [0.1, 0.15) is 24.5 Å². The zero-order valence-corrected chi connectivity index (χ0v) is 9.77. The first-order valence-corrected chi connectivity index (χ1v) is 5.93. The van der Waals surface area contributed by atoms with E-state index in [1.54, 1.807) is 6.26 Å². The van der Waals surface area contributed by atoms with Crippen LogP contribution in [0.15, 0.2) is 21.2 Å². The summed E-state index contributed by atoms with van der Waals surface area (Å²) in [6, 6.07) is 2.56. The number of rotatable bonds is 5. The van der Waals surface area contributed by atoms with Gasteiger partial charge in [-0.25, -0.2) is 0 Å². The van der Waals surface area contributed by atoms with Crippen molar-refractivity contribution in [3.63, 3.8) is 0 Å². The van der Waals surface area contributed by atoms with Gasteiger partial charge in [0.2, 0.25) is 5.89 Å². The van der Waals surface area contributed by atoms with Crippen LogP contribution in [0.5, 0.6) is 0 Å². The van der Waals surface area contributed by atoms with E-state index in [-0.39, 0.29) is 0 Å². The van der Waals surface area contributed by atoms with Crippen molar-refractivity contribution in [1.82, 2.24) is 15.5 Å². The average Bonchev–Trinajstić information content (AvgIpc) is 2.85. The van der Waals surface area contributed by atoms with Crippen LogP contribution in [0, 0.1) is 6.92 Å². The second-order valence-electron chi connectivity index (χ2n) is 4.37. The van der Waals surface area contributed by atoms with Gasteiger partial charge in [0.15, 0.2) is 0 Å². The Morgan fingerprint density at radius 1 is 1.41 bits per heavy atom. The van der Waals surface area contributed by atoms with E-state index >= 15 is 0 Å². The lowest BCUT2D eigenvalue weighted by molar-refractivity contribution is 0.490. The molecule has 1 N–H and O–H groups in total. The molecule has 0 amide bonds. The number of aryl methyl sites for hydroxylation is 1. The minimum Gasteiger partial charge on any atom is -0.469 e. The van der Waals surface area contributed by atoms with Gasteiger partial charge in [0, 0.05) is 19.0 Å². The van der Waals surface area contributed by atoms with Crippen LogP contribution < -0.4 is 5.32 Å². The summed E-state index contributed by atoms with van der Waals surface area (Å²) < 4.78 is 10.8. The standard InChI is InChI=1S/C12H15N3O2/c1-8-10(5-7-16-8)12-15-14-11(17-12)4-6-13-9-2-3-9/h5,7,9,13H,2-4,6H2,1H3. The molecular formula is C12H15N3O2. The Morgan fingerprint density at radius 2 is 2.29 bits per heavy atom. The number of hydrogen-bond acceptors (Lipinski definition) is 5. The lowest BCUT2D eigenvalue weighted by atomic mass is 10.3. The molecule has 0 aromatic carbocycles. The van der Waals surface area contributed by atoms with Crippen LogP contribution >= 0.6 is 0 Å². The Balaban J connectivity index is 1.63. The predicted molar refractivity (Wildman–Crippen MR) is 61.5 cm³/mol. The summed E-state index contributed by atoms with van der Waals surface area (Å²) in [6.45, 7) is 2.78. The number of nitrogens with one attached hydrogen (secondary N) is 1. The van der Waals surface area contributed by atoms with Crippen LogP contribution in [-0.2, 0) is 6.42 Å². The van der Waals surface area contributed by atoms with Crippen LogP contribution in [0.25, 0.3) is 11.5 Å². The second kappa shape index (κ2) is 4.33. The van der Waals surface area contributed by atoms with Crippen LogP contribution in [0.3, 0.4) is 0 Å². The van der Waals surface area contributed by atoms with E-state index in [1.807, 2.05) is 13.0 Å². The predicted octanol–water partition coefficient (Wildman–Crippen LogP) is 1.93. The molecule has 5 heteroatoms. The summed E-state index contributed by atoms with van der Waals surface area (Å²) >= 11 is 0. The average molecular weight is 233 g/mol. The fourth-order valence-corrected chi connectivity index (χ4v) is 1.74. The molecule has 90 valence electrons. The van der Waals surface area contributed by atoms with Gasteiger partial charge in [0.05, 0.1) is 11.8 Å². The Kier molecular flexibility index (Phi) is 2.68. The van der Waals surface area contributed by atoms with Crippen LogP contribution in [0.2, 0.25) is 0 Å². The third-order valence-corrected chi connectivity index (χ3v) is 2.91. The smallest absolute Gasteiger partial charge is 0.251 e. The molecular weight excluding hydrogens is 218 g/mol. The molecule has 1 aliphatic rings. The molecule has 5 nitrogen and oxygen atoms in total.